The van der Waals surface area contributed by atoms with Crippen LogP contribution in [0.3, 0.4) is 0 Å². The summed E-state index contributed by atoms with van der Waals surface area (Å²) in [4.78, 5) is 12.1. The van der Waals surface area contributed by atoms with Crippen molar-refractivity contribution >= 4 is 5.91 Å². The van der Waals surface area contributed by atoms with Crippen LogP contribution in [0.15, 0.2) is 22.8 Å². The minimum atomic E-state index is -0.0745. The Morgan fingerprint density at radius 2 is 2.22 bits per heavy atom. The Labute approximate surface area is 108 Å². The zero-order valence-corrected chi connectivity index (χ0v) is 11.3. The van der Waals surface area contributed by atoms with Gasteiger partial charge in [0, 0.05) is 6.04 Å². The predicted molar refractivity (Wildman–Crippen MR) is 69.2 cm³/mol. The molecule has 2 saturated carbocycles. The molecule has 1 amide bonds. The second-order valence-electron chi connectivity index (χ2n) is 6.61. The summed E-state index contributed by atoms with van der Waals surface area (Å²) in [6.07, 6.45) is 5.17. The normalized spacial score (nSPS) is 36.8. The second-order valence-corrected chi connectivity index (χ2v) is 6.61. The molecule has 1 aromatic rings. The van der Waals surface area contributed by atoms with E-state index in [1.165, 1.54) is 12.8 Å². The van der Waals surface area contributed by atoms with Crippen molar-refractivity contribution in [1.82, 2.24) is 5.32 Å². The highest BCUT2D eigenvalue weighted by Crippen LogP contribution is 2.65. The van der Waals surface area contributed by atoms with Crippen molar-refractivity contribution in [3.63, 3.8) is 0 Å². The van der Waals surface area contributed by atoms with Gasteiger partial charge in [-0.3, -0.25) is 4.79 Å². The lowest BCUT2D eigenvalue weighted by Crippen LogP contribution is -2.46. The van der Waals surface area contributed by atoms with Gasteiger partial charge in [-0.05, 0) is 48.1 Å². The Hall–Kier alpha value is -1.25. The van der Waals surface area contributed by atoms with Crippen molar-refractivity contribution < 1.29 is 9.21 Å². The molecule has 2 fully saturated rings. The zero-order valence-electron chi connectivity index (χ0n) is 11.3. The summed E-state index contributed by atoms with van der Waals surface area (Å²) in [7, 11) is 0. The standard InChI is InChI=1S/C15H21NO2/c1-14(2)10-6-7-15(14,3)12(9-10)16-13(17)11-5-4-8-18-11/h4-5,8,10,12H,6-7,9H2,1-3H3,(H,16,17)/t10-,12+,15+/m1/s1. The zero-order chi connectivity index (χ0) is 13.0. The third kappa shape index (κ3) is 1.39. The quantitative estimate of drug-likeness (QED) is 0.871. The molecule has 18 heavy (non-hydrogen) atoms. The van der Waals surface area contributed by atoms with Crippen LogP contribution >= 0.6 is 0 Å². The molecule has 1 N–H and O–H groups in total. The van der Waals surface area contributed by atoms with Gasteiger partial charge in [0.2, 0.25) is 0 Å². The molecule has 3 nitrogen and oxygen atoms in total. The first-order chi connectivity index (χ1) is 8.45. The molecule has 3 rings (SSSR count). The summed E-state index contributed by atoms with van der Waals surface area (Å²) >= 11 is 0. The third-order valence-corrected chi connectivity index (χ3v) is 5.84. The molecule has 1 heterocycles. The number of carbonyl (C=O) groups is 1. The molecule has 2 aliphatic carbocycles. The van der Waals surface area contributed by atoms with Crippen molar-refractivity contribution in [2.75, 3.05) is 0 Å². The summed E-state index contributed by atoms with van der Waals surface area (Å²) in [6, 6.07) is 3.75. The second kappa shape index (κ2) is 3.62. The Balaban J connectivity index is 1.78. The van der Waals surface area contributed by atoms with E-state index in [9.17, 15) is 4.79 Å². The number of nitrogens with one attached hydrogen (secondary N) is 1. The molecular weight excluding hydrogens is 226 g/mol. The molecule has 0 unspecified atom stereocenters. The first-order valence-electron chi connectivity index (χ1n) is 6.79. The number of fused-ring (bicyclic) bond motifs is 2. The van der Waals surface area contributed by atoms with Gasteiger partial charge in [0.05, 0.1) is 6.26 Å². The van der Waals surface area contributed by atoms with E-state index < -0.39 is 0 Å². The average molecular weight is 247 g/mol. The van der Waals surface area contributed by atoms with E-state index in [0.717, 1.165) is 12.3 Å². The molecule has 98 valence electrons. The number of hydrogen-bond acceptors (Lipinski definition) is 2. The molecule has 3 atom stereocenters. The maximum atomic E-state index is 12.1. The van der Waals surface area contributed by atoms with Crippen LogP contribution in [-0.2, 0) is 0 Å². The van der Waals surface area contributed by atoms with Crippen molar-refractivity contribution in [2.24, 2.45) is 16.7 Å². The van der Waals surface area contributed by atoms with Gasteiger partial charge in [-0.2, -0.15) is 0 Å². The molecule has 3 heteroatoms. The molecule has 0 aliphatic heterocycles. The van der Waals surface area contributed by atoms with Crippen LogP contribution in [-0.4, -0.2) is 11.9 Å². The molecule has 0 spiro atoms. The molecular formula is C15H21NO2. The van der Waals surface area contributed by atoms with E-state index in [1.54, 1.807) is 18.4 Å². The van der Waals surface area contributed by atoms with Crippen molar-refractivity contribution in [3.05, 3.63) is 24.2 Å². The van der Waals surface area contributed by atoms with E-state index in [1.807, 2.05) is 0 Å². The van der Waals surface area contributed by atoms with Crippen LogP contribution in [0.5, 0.6) is 0 Å². The summed E-state index contributed by atoms with van der Waals surface area (Å²) in [5.41, 5.74) is 0.550. The molecule has 1 aromatic heterocycles. The van der Waals surface area contributed by atoms with Gasteiger partial charge in [-0.15, -0.1) is 0 Å². The maximum absolute atomic E-state index is 12.1. The van der Waals surface area contributed by atoms with Crippen LogP contribution in [0.25, 0.3) is 0 Å². The van der Waals surface area contributed by atoms with E-state index >= 15 is 0 Å². The van der Waals surface area contributed by atoms with Crippen molar-refractivity contribution in [3.8, 4) is 0 Å². The average Bonchev–Trinajstić information content (AvgIpc) is 2.95. The highest BCUT2D eigenvalue weighted by atomic mass is 16.3. The fourth-order valence-corrected chi connectivity index (χ4v) is 4.06. The number of amides is 1. The summed E-state index contributed by atoms with van der Waals surface area (Å²) < 4.78 is 5.16. The molecule has 0 saturated heterocycles. The Morgan fingerprint density at radius 3 is 2.72 bits per heavy atom. The molecule has 0 radical (unpaired) electrons. The Morgan fingerprint density at radius 1 is 1.44 bits per heavy atom. The van der Waals surface area contributed by atoms with Gasteiger partial charge in [0.15, 0.2) is 5.76 Å². The van der Waals surface area contributed by atoms with E-state index in [4.69, 9.17) is 4.42 Å². The van der Waals surface area contributed by atoms with E-state index in [0.29, 0.717) is 11.2 Å². The minimum Gasteiger partial charge on any atom is -0.459 e. The minimum absolute atomic E-state index is 0.0745. The number of carbonyl (C=O) groups excluding carboxylic acids is 1. The lowest BCUT2D eigenvalue weighted by molar-refractivity contribution is 0.0801. The van der Waals surface area contributed by atoms with Crippen LogP contribution < -0.4 is 5.32 Å². The van der Waals surface area contributed by atoms with E-state index in [-0.39, 0.29) is 17.4 Å². The Bertz CT molecular complexity index is 463. The highest BCUT2D eigenvalue weighted by Gasteiger charge is 2.61. The SMILES string of the molecule is CC1(C)[C@@H]2CC[C@@]1(C)[C@@H](NC(=O)c1ccco1)C2. The first kappa shape index (κ1) is 11.8. The molecule has 2 bridgehead atoms. The fourth-order valence-electron chi connectivity index (χ4n) is 4.06. The van der Waals surface area contributed by atoms with Crippen LogP contribution in [0, 0.1) is 16.7 Å². The monoisotopic (exact) mass is 247 g/mol. The fraction of sp³-hybridized carbons (Fsp3) is 0.667. The molecule has 2 aliphatic rings. The predicted octanol–water partition coefficient (Wildman–Crippen LogP) is 3.22. The molecule has 0 aromatic carbocycles. The lowest BCUT2D eigenvalue weighted by atomic mass is 9.69. The van der Waals surface area contributed by atoms with Crippen LogP contribution in [0.1, 0.15) is 50.6 Å². The van der Waals surface area contributed by atoms with Gasteiger partial charge in [-0.1, -0.05) is 20.8 Å². The van der Waals surface area contributed by atoms with Gasteiger partial charge >= 0.3 is 0 Å². The Kier molecular flexibility index (Phi) is 2.38. The summed E-state index contributed by atoms with van der Waals surface area (Å²) in [6.45, 7) is 7.03. The number of rotatable bonds is 2. The first-order valence-corrected chi connectivity index (χ1v) is 6.79. The van der Waals surface area contributed by atoms with Crippen LogP contribution in [0.4, 0.5) is 0 Å². The van der Waals surface area contributed by atoms with Crippen molar-refractivity contribution in [1.29, 1.82) is 0 Å². The largest absolute Gasteiger partial charge is 0.459 e. The van der Waals surface area contributed by atoms with Gasteiger partial charge in [0.25, 0.3) is 5.91 Å². The van der Waals surface area contributed by atoms with Crippen molar-refractivity contribution in [2.45, 2.75) is 46.1 Å². The lowest BCUT2D eigenvalue weighted by Gasteiger charge is -2.39. The number of hydrogen-bond donors (Lipinski definition) is 1. The third-order valence-electron chi connectivity index (χ3n) is 5.84. The number of furan rings is 1. The topological polar surface area (TPSA) is 42.2 Å². The summed E-state index contributed by atoms with van der Waals surface area (Å²) in [5, 5.41) is 3.18. The van der Waals surface area contributed by atoms with Gasteiger partial charge < -0.3 is 9.73 Å². The smallest absolute Gasteiger partial charge is 0.287 e. The van der Waals surface area contributed by atoms with Crippen LogP contribution in [0.2, 0.25) is 0 Å². The highest BCUT2D eigenvalue weighted by molar-refractivity contribution is 5.91. The van der Waals surface area contributed by atoms with Gasteiger partial charge in [-0.25, -0.2) is 0 Å². The van der Waals surface area contributed by atoms with Gasteiger partial charge in [0.1, 0.15) is 0 Å². The maximum Gasteiger partial charge on any atom is 0.287 e. The van der Waals surface area contributed by atoms with E-state index in [2.05, 4.69) is 26.1 Å². The summed E-state index contributed by atoms with van der Waals surface area (Å²) in [5.74, 6) is 1.08.